The topological polar surface area (TPSA) is 52.6 Å². The first-order valence-electron chi connectivity index (χ1n) is 10.8. The standard InChI is InChI=1S/C21H28F6O4/c1-4-19(14-6-12-5-13(8-14)9-15(19)7-12)31-17(29)11(3)10(2)16(28)30-18(20(22,23)24)21(25,26)27/h10-15,18H,4-9H2,1-3H3. The molecule has 0 spiro atoms. The molecule has 2 unspecified atom stereocenters. The van der Waals surface area contributed by atoms with Crippen molar-refractivity contribution >= 4 is 11.9 Å². The first-order chi connectivity index (χ1) is 14.2. The van der Waals surface area contributed by atoms with E-state index in [1.807, 2.05) is 6.92 Å². The second kappa shape index (κ2) is 8.14. The van der Waals surface area contributed by atoms with Crippen molar-refractivity contribution in [2.45, 2.75) is 83.4 Å². The molecule has 4 aliphatic rings. The van der Waals surface area contributed by atoms with Crippen LogP contribution in [0, 0.1) is 35.5 Å². The Hall–Kier alpha value is -1.48. The third-order valence-corrected chi connectivity index (χ3v) is 7.69. The van der Waals surface area contributed by atoms with Crippen molar-refractivity contribution in [1.82, 2.24) is 0 Å². The largest absolute Gasteiger partial charge is 0.458 e. The molecule has 0 heterocycles. The SMILES string of the molecule is CCC1(OC(=O)C(C)C(C)C(=O)OC(C(F)(F)F)C(F)(F)F)C2CC3CC(C2)CC1C3. The maximum atomic E-state index is 12.9. The average molecular weight is 458 g/mol. The zero-order valence-electron chi connectivity index (χ0n) is 17.7. The van der Waals surface area contributed by atoms with Crippen molar-refractivity contribution in [3.05, 3.63) is 0 Å². The molecule has 0 aromatic carbocycles. The van der Waals surface area contributed by atoms with Gasteiger partial charge in [-0.25, -0.2) is 0 Å². The van der Waals surface area contributed by atoms with Gasteiger partial charge in [-0.3, -0.25) is 9.59 Å². The zero-order chi connectivity index (χ0) is 23.4. The minimum atomic E-state index is -5.80. The molecular weight excluding hydrogens is 430 g/mol. The molecule has 178 valence electrons. The Morgan fingerprint density at radius 2 is 1.26 bits per heavy atom. The first kappa shape index (κ1) is 24.2. The lowest BCUT2D eigenvalue weighted by molar-refractivity contribution is -0.314. The van der Waals surface area contributed by atoms with Crippen LogP contribution < -0.4 is 0 Å². The summed E-state index contributed by atoms with van der Waals surface area (Å²) in [6.07, 6.45) is -10.2. The first-order valence-corrected chi connectivity index (χ1v) is 10.8. The molecule has 0 N–H and O–H groups in total. The molecule has 4 bridgehead atoms. The summed E-state index contributed by atoms with van der Waals surface area (Å²) in [7, 11) is 0. The lowest BCUT2D eigenvalue weighted by atomic mass is 9.49. The third kappa shape index (κ3) is 4.53. The number of hydrogen-bond donors (Lipinski definition) is 0. The number of alkyl halides is 6. The predicted molar refractivity (Wildman–Crippen MR) is 96.5 cm³/mol. The number of carbonyl (C=O) groups is 2. The van der Waals surface area contributed by atoms with Gasteiger partial charge in [0.1, 0.15) is 5.60 Å². The van der Waals surface area contributed by atoms with Crippen LogP contribution >= 0.6 is 0 Å². The van der Waals surface area contributed by atoms with Gasteiger partial charge < -0.3 is 9.47 Å². The van der Waals surface area contributed by atoms with Crippen LogP contribution in [0.4, 0.5) is 26.3 Å². The molecule has 0 aliphatic heterocycles. The van der Waals surface area contributed by atoms with E-state index in [2.05, 4.69) is 4.74 Å². The molecule has 4 fully saturated rings. The van der Waals surface area contributed by atoms with E-state index in [4.69, 9.17) is 4.74 Å². The molecule has 0 amide bonds. The Kier molecular flexibility index (Phi) is 6.34. The Labute approximate surface area is 177 Å². The van der Waals surface area contributed by atoms with E-state index in [1.54, 1.807) is 0 Å². The fourth-order valence-electron chi connectivity index (χ4n) is 6.03. The fourth-order valence-corrected chi connectivity index (χ4v) is 6.03. The second-order valence-corrected chi connectivity index (χ2v) is 9.51. The Bertz CT molecular complexity index is 659. The summed E-state index contributed by atoms with van der Waals surface area (Å²) in [5, 5.41) is 0. The van der Waals surface area contributed by atoms with Crippen LogP contribution in [0.5, 0.6) is 0 Å². The molecule has 0 aromatic heterocycles. The van der Waals surface area contributed by atoms with Crippen molar-refractivity contribution in [2.24, 2.45) is 35.5 Å². The molecule has 0 saturated heterocycles. The fraction of sp³-hybridized carbons (Fsp3) is 0.905. The number of halogens is 6. The maximum absolute atomic E-state index is 12.9. The highest BCUT2D eigenvalue weighted by Gasteiger charge is 2.61. The van der Waals surface area contributed by atoms with Crippen molar-refractivity contribution in [2.75, 3.05) is 0 Å². The van der Waals surface area contributed by atoms with E-state index >= 15 is 0 Å². The normalized spacial score (nSPS) is 34.5. The van der Waals surface area contributed by atoms with Gasteiger partial charge in [0.05, 0.1) is 11.8 Å². The molecular formula is C21H28F6O4. The van der Waals surface area contributed by atoms with Crippen LogP contribution in [0.2, 0.25) is 0 Å². The number of esters is 2. The summed E-state index contributed by atoms with van der Waals surface area (Å²) in [4.78, 5) is 24.9. The lowest BCUT2D eigenvalue weighted by Gasteiger charge is -2.60. The van der Waals surface area contributed by atoms with Gasteiger partial charge in [-0.1, -0.05) is 20.8 Å². The molecule has 4 saturated carbocycles. The monoisotopic (exact) mass is 458 g/mol. The number of rotatable bonds is 6. The average Bonchev–Trinajstić information content (AvgIpc) is 2.65. The number of ether oxygens (including phenoxy) is 2. The van der Waals surface area contributed by atoms with Gasteiger partial charge in [0.2, 0.25) is 0 Å². The zero-order valence-corrected chi connectivity index (χ0v) is 17.7. The van der Waals surface area contributed by atoms with Crippen molar-refractivity contribution in [3.8, 4) is 0 Å². The van der Waals surface area contributed by atoms with Crippen LogP contribution in [-0.2, 0) is 19.1 Å². The summed E-state index contributed by atoms with van der Waals surface area (Å²) in [5.74, 6) is -3.64. The van der Waals surface area contributed by atoms with E-state index in [1.165, 1.54) is 13.3 Å². The van der Waals surface area contributed by atoms with Crippen molar-refractivity contribution in [1.29, 1.82) is 0 Å². The Morgan fingerprint density at radius 3 is 1.65 bits per heavy atom. The smallest absolute Gasteiger partial charge is 0.434 e. The molecule has 10 heteroatoms. The molecule has 2 atom stereocenters. The van der Waals surface area contributed by atoms with Crippen LogP contribution in [0.1, 0.15) is 59.3 Å². The molecule has 4 nitrogen and oxygen atoms in total. The van der Waals surface area contributed by atoms with Gasteiger partial charge >= 0.3 is 24.3 Å². The highest BCUT2D eigenvalue weighted by molar-refractivity contribution is 5.82. The van der Waals surface area contributed by atoms with Crippen molar-refractivity contribution in [3.63, 3.8) is 0 Å². The minimum absolute atomic E-state index is 0.201. The van der Waals surface area contributed by atoms with Gasteiger partial charge in [-0.2, -0.15) is 26.3 Å². The summed E-state index contributed by atoms with van der Waals surface area (Å²) < 4.78 is 85.8. The third-order valence-electron chi connectivity index (χ3n) is 7.69. The Balaban J connectivity index is 1.68. The van der Waals surface area contributed by atoms with Gasteiger partial charge in [-0.15, -0.1) is 0 Å². The van der Waals surface area contributed by atoms with E-state index in [0.29, 0.717) is 18.3 Å². The minimum Gasteiger partial charge on any atom is -0.458 e. The van der Waals surface area contributed by atoms with E-state index in [9.17, 15) is 35.9 Å². The molecule has 4 rings (SSSR count). The Morgan fingerprint density at radius 1 is 0.839 bits per heavy atom. The highest BCUT2D eigenvalue weighted by Crippen LogP contribution is 2.60. The van der Waals surface area contributed by atoms with Crippen LogP contribution in [0.3, 0.4) is 0 Å². The van der Waals surface area contributed by atoms with Crippen molar-refractivity contribution < 1.29 is 45.4 Å². The summed E-state index contributed by atoms with van der Waals surface area (Å²) >= 11 is 0. The molecule has 0 aromatic rings. The predicted octanol–water partition coefficient (Wildman–Crippen LogP) is 5.44. The van der Waals surface area contributed by atoms with E-state index in [-0.39, 0.29) is 11.8 Å². The van der Waals surface area contributed by atoms with Gasteiger partial charge in [-0.05, 0) is 62.2 Å². The quantitative estimate of drug-likeness (QED) is 0.393. The molecule has 31 heavy (non-hydrogen) atoms. The highest BCUT2D eigenvalue weighted by atomic mass is 19.4. The summed E-state index contributed by atoms with van der Waals surface area (Å²) in [5.41, 5.74) is -0.678. The lowest BCUT2D eigenvalue weighted by Crippen LogP contribution is -2.59. The number of hydrogen-bond acceptors (Lipinski definition) is 4. The van der Waals surface area contributed by atoms with E-state index < -0.39 is 47.8 Å². The maximum Gasteiger partial charge on any atom is 0.434 e. The second-order valence-electron chi connectivity index (χ2n) is 9.51. The van der Waals surface area contributed by atoms with Crippen LogP contribution in [0.25, 0.3) is 0 Å². The van der Waals surface area contributed by atoms with Gasteiger partial charge in [0.25, 0.3) is 6.10 Å². The van der Waals surface area contributed by atoms with Gasteiger partial charge in [0, 0.05) is 0 Å². The van der Waals surface area contributed by atoms with Gasteiger partial charge in [0.15, 0.2) is 0 Å². The molecule has 4 aliphatic carbocycles. The number of carbonyl (C=O) groups excluding carboxylic acids is 2. The van der Waals surface area contributed by atoms with E-state index in [0.717, 1.165) is 32.6 Å². The summed E-state index contributed by atoms with van der Waals surface area (Å²) in [6.45, 7) is 4.27. The molecule has 0 radical (unpaired) electrons. The van der Waals surface area contributed by atoms with Crippen LogP contribution in [-0.4, -0.2) is 36.0 Å². The van der Waals surface area contributed by atoms with Crippen LogP contribution in [0.15, 0.2) is 0 Å². The summed E-state index contributed by atoms with van der Waals surface area (Å²) in [6, 6.07) is 0.